The number of pyridine rings is 1. The van der Waals surface area contributed by atoms with Gasteiger partial charge in [0.1, 0.15) is 0 Å². The summed E-state index contributed by atoms with van der Waals surface area (Å²) < 4.78 is 0. The summed E-state index contributed by atoms with van der Waals surface area (Å²) in [5, 5.41) is 3.37. The standard InChI is InChI=1S/C13H22N2/c1-9(2)8-13(14-5)12-7-6-10(3)15-11(12)4/h6-7,9,13-14H,8H2,1-5H3. The molecule has 0 spiro atoms. The Morgan fingerprint density at radius 3 is 2.40 bits per heavy atom. The van der Waals surface area contributed by atoms with Gasteiger partial charge in [-0.15, -0.1) is 0 Å². The third-order valence-electron chi connectivity index (χ3n) is 2.70. The first-order valence-corrected chi connectivity index (χ1v) is 5.66. The fraction of sp³-hybridized carbons (Fsp3) is 0.615. The summed E-state index contributed by atoms with van der Waals surface area (Å²) in [6, 6.07) is 4.71. The summed E-state index contributed by atoms with van der Waals surface area (Å²) in [6.45, 7) is 8.63. The van der Waals surface area contributed by atoms with E-state index in [9.17, 15) is 0 Å². The van der Waals surface area contributed by atoms with E-state index >= 15 is 0 Å². The SMILES string of the molecule is CNC(CC(C)C)c1ccc(C)nc1C. The fourth-order valence-electron chi connectivity index (χ4n) is 1.94. The lowest BCUT2D eigenvalue weighted by Crippen LogP contribution is -2.19. The summed E-state index contributed by atoms with van der Waals surface area (Å²) in [6.07, 6.45) is 1.15. The molecule has 1 rings (SSSR count). The quantitative estimate of drug-likeness (QED) is 0.819. The van der Waals surface area contributed by atoms with Crippen molar-refractivity contribution in [3.8, 4) is 0 Å². The first-order valence-electron chi connectivity index (χ1n) is 5.66. The summed E-state index contributed by atoms with van der Waals surface area (Å²) in [5.74, 6) is 0.697. The molecule has 0 aliphatic rings. The highest BCUT2D eigenvalue weighted by Crippen LogP contribution is 2.22. The van der Waals surface area contributed by atoms with Crippen molar-refractivity contribution in [3.63, 3.8) is 0 Å². The van der Waals surface area contributed by atoms with Gasteiger partial charge in [-0.05, 0) is 44.9 Å². The van der Waals surface area contributed by atoms with E-state index in [1.165, 1.54) is 5.56 Å². The van der Waals surface area contributed by atoms with Crippen LogP contribution in [0.1, 0.15) is 43.3 Å². The zero-order valence-corrected chi connectivity index (χ0v) is 10.5. The molecular formula is C13H22N2. The van der Waals surface area contributed by atoms with Gasteiger partial charge in [-0.1, -0.05) is 19.9 Å². The minimum Gasteiger partial charge on any atom is -0.313 e. The first kappa shape index (κ1) is 12.2. The molecule has 1 N–H and O–H groups in total. The summed E-state index contributed by atoms with van der Waals surface area (Å²) in [7, 11) is 2.02. The van der Waals surface area contributed by atoms with Crippen molar-refractivity contribution in [2.45, 2.75) is 40.2 Å². The minimum atomic E-state index is 0.429. The van der Waals surface area contributed by atoms with Crippen LogP contribution >= 0.6 is 0 Å². The highest BCUT2D eigenvalue weighted by Gasteiger charge is 2.13. The average molecular weight is 206 g/mol. The Labute approximate surface area is 93.1 Å². The van der Waals surface area contributed by atoms with Crippen molar-refractivity contribution in [2.24, 2.45) is 5.92 Å². The molecule has 0 aliphatic carbocycles. The number of nitrogens with zero attached hydrogens (tertiary/aromatic N) is 1. The van der Waals surface area contributed by atoms with Gasteiger partial charge < -0.3 is 5.32 Å². The number of hydrogen-bond donors (Lipinski definition) is 1. The van der Waals surface area contributed by atoms with Crippen LogP contribution in [0.2, 0.25) is 0 Å². The zero-order chi connectivity index (χ0) is 11.4. The highest BCUT2D eigenvalue weighted by molar-refractivity contribution is 5.25. The van der Waals surface area contributed by atoms with Crippen LogP contribution < -0.4 is 5.32 Å². The smallest absolute Gasteiger partial charge is 0.0423 e. The Hall–Kier alpha value is -0.890. The average Bonchev–Trinajstić information content (AvgIpc) is 2.14. The Morgan fingerprint density at radius 1 is 1.27 bits per heavy atom. The van der Waals surface area contributed by atoms with Gasteiger partial charge in [0.25, 0.3) is 0 Å². The Kier molecular flexibility index (Phi) is 4.28. The molecule has 1 aromatic heterocycles. The second kappa shape index (κ2) is 5.26. The van der Waals surface area contributed by atoms with Gasteiger partial charge in [0, 0.05) is 17.4 Å². The summed E-state index contributed by atoms with van der Waals surface area (Å²) in [4.78, 5) is 4.51. The maximum Gasteiger partial charge on any atom is 0.0423 e. The van der Waals surface area contributed by atoms with E-state index in [0.717, 1.165) is 17.8 Å². The monoisotopic (exact) mass is 206 g/mol. The molecule has 0 saturated heterocycles. The second-order valence-electron chi connectivity index (χ2n) is 4.60. The molecule has 15 heavy (non-hydrogen) atoms. The van der Waals surface area contributed by atoms with Crippen LogP contribution in [0.3, 0.4) is 0 Å². The number of rotatable bonds is 4. The normalized spacial score (nSPS) is 13.2. The maximum atomic E-state index is 4.51. The molecule has 0 saturated carbocycles. The Balaban J connectivity index is 2.91. The Morgan fingerprint density at radius 2 is 1.93 bits per heavy atom. The van der Waals surface area contributed by atoms with Crippen LogP contribution in [0, 0.1) is 19.8 Å². The van der Waals surface area contributed by atoms with E-state index in [2.05, 4.69) is 43.2 Å². The summed E-state index contributed by atoms with van der Waals surface area (Å²) in [5.41, 5.74) is 3.57. The van der Waals surface area contributed by atoms with E-state index in [0.29, 0.717) is 12.0 Å². The summed E-state index contributed by atoms with van der Waals surface area (Å²) >= 11 is 0. The van der Waals surface area contributed by atoms with Gasteiger partial charge in [-0.3, -0.25) is 4.98 Å². The molecule has 84 valence electrons. The van der Waals surface area contributed by atoms with Gasteiger partial charge in [0.05, 0.1) is 0 Å². The van der Waals surface area contributed by atoms with Crippen LogP contribution in [-0.4, -0.2) is 12.0 Å². The molecule has 0 radical (unpaired) electrons. The van der Waals surface area contributed by atoms with E-state index in [-0.39, 0.29) is 0 Å². The van der Waals surface area contributed by atoms with Crippen LogP contribution in [0.15, 0.2) is 12.1 Å². The molecule has 1 aromatic rings. The van der Waals surface area contributed by atoms with Gasteiger partial charge in [-0.2, -0.15) is 0 Å². The van der Waals surface area contributed by atoms with Crippen molar-refractivity contribution in [3.05, 3.63) is 29.1 Å². The Bertz CT molecular complexity index is 318. The molecule has 1 heterocycles. The maximum absolute atomic E-state index is 4.51. The molecule has 0 amide bonds. The molecule has 0 aromatic carbocycles. The highest BCUT2D eigenvalue weighted by atomic mass is 14.9. The lowest BCUT2D eigenvalue weighted by molar-refractivity contribution is 0.454. The predicted octanol–water partition coefficient (Wildman–Crippen LogP) is 3.01. The number of aromatic nitrogens is 1. The third-order valence-corrected chi connectivity index (χ3v) is 2.70. The van der Waals surface area contributed by atoms with E-state index in [1.54, 1.807) is 0 Å². The van der Waals surface area contributed by atoms with Crippen molar-refractivity contribution < 1.29 is 0 Å². The van der Waals surface area contributed by atoms with Gasteiger partial charge in [0.15, 0.2) is 0 Å². The van der Waals surface area contributed by atoms with Crippen LogP contribution in [-0.2, 0) is 0 Å². The van der Waals surface area contributed by atoms with Crippen molar-refractivity contribution in [1.29, 1.82) is 0 Å². The number of hydrogen-bond acceptors (Lipinski definition) is 2. The van der Waals surface area contributed by atoms with Crippen LogP contribution in [0.5, 0.6) is 0 Å². The largest absolute Gasteiger partial charge is 0.313 e. The molecular weight excluding hydrogens is 184 g/mol. The molecule has 0 fully saturated rings. The predicted molar refractivity (Wildman–Crippen MR) is 65.0 cm³/mol. The topological polar surface area (TPSA) is 24.9 Å². The van der Waals surface area contributed by atoms with Crippen molar-refractivity contribution in [1.82, 2.24) is 10.3 Å². The van der Waals surface area contributed by atoms with Gasteiger partial charge in [-0.25, -0.2) is 0 Å². The lowest BCUT2D eigenvalue weighted by Gasteiger charge is -2.20. The molecule has 0 aliphatic heterocycles. The number of nitrogens with one attached hydrogen (secondary N) is 1. The van der Waals surface area contributed by atoms with E-state index in [1.807, 2.05) is 14.0 Å². The molecule has 2 heteroatoms. The van der Waals surface area contributed by atoms with Crippen molar-refractivity contribution >= 4 is 0 Å². The molecule has 0 bridgehead atoms. The number of aryl methyl sites for hydroxylation is 2. The molecule has 2 nitrogen and oxygen atoms in total. The fourth-order valence-corrected chi connectivity index (χ4v) is 1.94. The van der Waals surface area contributed by atoms with Crippen LogP contribution in [0.4, 0.5) is 0 Å². The van der Waals surface area contributed by atoms with Gasteiger partial charge in [0.2, 0.25) is 0 Å². The van der Waals surface area contributed by atoms with Crippen molar-refractivity contribution in [2.75, 3.05) is 7.05 Å². The molecule has 1 unspecified atom stereocenters. The zero-order valence-electron chi connectivity index (χ0n) is 10.5. The van der Waals surface area contributed by atoms with Gasteiger partial charge >= 0.3 is 0 Å². The minimum absolute atomic E-state index is 0.429. The second-order valence-corrected chi connectivity index (χ2v) is 4.60. The first-order chi connectivity index (χ1) is 7.04. The van der Waals surface area contributed by atoms with E-state index < -0.39 is 0 Å². The van der Waals surface area contributed by atoms with E-state index in [4.69, 9.17) is 0 Å². The van der Waals surface area contributed by atoms with Crippen LogP contribution in [0.25, 0.3) is 0 Å². The lowest BCUT2D eigenvalue weighted by atomic mass is 9.96. The third kappa shape index (κ3) is 3.31. The molecule has 1 atom stereocenters.